The first-order valence-electron chi connectivity index (χ1n) is 9.75. The number of ketones is 1. The molecule has 1 saturated heterocycles. The van der Waals surface area contributed by atoms with E-state index in [0.29, 0.717) is 22.3 Å². The first-order chi connectivity index (χ1) is 14.6. The zero-order chi connectivity index (χ0) is 20.9. The van der Waals surface area contributed by atoms with Crippen LogP contribution in [-0.2, 0) is 11.3 Å². The molecule has 0 radical (unpaired) electrons. The van der Waals surface area contributed by atoms with E-state index in [0.717, 1.165) is 36.6 Å². The minimum Gasteiger partial charge on any atom is -0.497 e. The molecule has 156 valence electrons. The summed E-state index contributed by atoms with van der Waals surface area (Å²) in [4.78, 5) is 12.6. The van der Waals surface area contributed by atoms with Crippen LogP contribution < -0.4 is 4.74 Å². The van der Waals surface area contributed by atoms with Gasteiger partial charge >= 0.3 is 0 Å². The molecule has 1 aromatic heterocycles. The van der Waals surface area contributed by atoms with Gasteiger partial charge < -0.3 is 9.47 Å². The van der Waals surface area contributed by atoms with Gasteiger partial charge in [0.05, 0.1) is 25.5 Å². The van der Waals surface area contributed by atoms with E-state index in [1.807, 2.05) is 24.3 Å². The van der Waals surface area contributed by atoms with Crippen molar-refractivity contribution in [1.29, 1.82) is 0 Å². The van der Waals surface area contributed by atoms with Crippen LogP contribution in [-0.4, -0.2) is 46.1 Å². The van der Waals surface area contributed by atoms with Gasteiger partial charge in [-0.3, -0.25) is 9.36 Å². The second-order valence-corrected chi connectivity index (χ2v) is 8.38. The first-order valence-corrected chi connectivity index (χ1v) is 11.1. The third kappa shape index (κ3) is 4.86. The smallest absolute Gasteiger partial charge is 0.192 e. The number of rotatable bonds is 8. The maximum absolute atomic E-state index is 12.6. The van der Waals surface area contributed by atoms with Gasteiger partial charge in [0.2, 0.25) is 0 Å². The number of aromatic nitrogens is 3. The minimum absolute atomic E-state index is 0.0225. The van der Waals surface area contributed by atoms with Crippen LogP contribution in [0.25, 0.3) is 11.4 Å². The molecule has 0 bridgehead atoms. The number of thioether (sulfide) groups is 1. The quantitative estimate of drug-likeness (QED) is 0.369. The van der Waals surface area contributed by atoms with E-state index in [9.17, 15) is 4.79 Å². The van der Waals surface area contributed by atoms with Gasteiger partial charge in [0, 0.05) is 22.8 Å². The molecule has 1 aliphatic heterocycles. The predicted octanol–water partition coefficient (Wildman–Crippen LogP) is 4.76. The Morgan fingerprint density at radius 1 is 1.20 bits per heavy atom. The second kappa shape index (κ2) is 9.64. The maximum Gasteiger partial charge on any atom is 0.192 e. The van der Waals surface area contributed by atoms with E-state index in [1.165, 1.54) is 11.8 Å². The highest BCUT2D eigenvalue weighted by atomic mass is 35.5. The molecule has 0 spiro atoms. The van der Waals surface area contributed by atoms with Crippen LogP contribution in [0.1, 0.15) is 23.2 Å². The molecule has 0 N–H and O–H groups in total. The Balaban J connectivity index is 1.55. The molecule has 3 aromatic rings. The Kier molecular flexibility index (Phi) is 6.72. The number of hydrogen-bond donors (Lipinski definition) is 0. The average Bonchev–Trinajstić information content (AvgIpc) is 3.43. The Bertz CT molecular complexity index is 999. The van der Waals surface area contributed by atoms with Gasteiger partial charge in [0.25, 0.3) is 0 Å². The lowest BCUT2D eigenvalue weighted by atomic mass is 10.1. The molecule has 2 aromatic carbocycles. The lowest BCUT2D eigenvalue weighted by Gasteiger charge is -2.15. The van der Waals surface area contributed by atoms with Gasteiger partial charge in [-0.25, -0.2) is 0 Å². The molecule has 0 aliphatic carbocycles. The van der Waals surface area contributed by atoms with Crippen molar-refractivity contribution in [1.82, 2.24) is 14.8 Å². The van der Waals surface area contributed by atoms with E-state index in [4.69, 9.17) is 21.1 Å². The normalized spacial score (nSPS) is 16.0. The highest BCUT2D eigenvalue weighted by Gasteiger charge is 2.22. The molecular weight excluding hydrogens is 422 g/mol. The maximum atomic E-state index is 12.6. The molecular formula is C22H22ClN3O3S. The summed E-state index contributed by atoms with van der Waals surface area (Å²) < 4.78 is 13.1. The van der Waals surface area contributed by atoms with Crippen molar-refractivity contribution in [3.8, 4) is 17.1 Å². The van der Waals surface area contributed by atoms with Gasteiger partial charge in [-0.2, -0.15) is 0 Å². The van der Waals surface area contributed by atoms with Crippen molar-refractivity contribution in [3.05, 3.63) is 59.1 Å². The van der Waals surface area contributed by atoms with Gasteiger partial charge in [-0.05, 0) is 61.4 Å². The van der Waals surface area contributed by atoms with Gasteiger partial charge in [-0.15, -0.1) is 10.2 Å². The summed E-state index contributed by atoms with van der Waals surface area (Å²) in [6, 6.07) is 14.7. The van der Waals surface area contributed by atoms with Crippen molar-refractivity contribution < 1.29 is 14.3 Å². The SMILES string of the molecule is COc1ccc(-c2nnc(SCC(=O)c3ccc(Cl)cc3)n2CC2CCCO2)cc1. The van der Waals surface area contributed by atoms with Crippen LogP contribution in [0.5, 0.6) is 5.75 Å². The molecule has 1 unspecified atom stereocenters. The number of ether oxygens (including phenoxy) is 2. The van der Waals surface area contributed by atoms with Crippen molar-refractivity contribution in [3.63, 3.8) is 0 Å². The molecule has 2 heterocycles. The van der Waals surface area contributed by atoms with Crippen molar-refractivity contribution in [2.75, 3.05) is 19.5 Å². The number of Topliss-reactive ketones (excluding diaryl/α,β-unsaturated/α-hetero) is 1. The Hall–Kier alpha value is -2.35. The highest BCUT2D eigenvalue weighted by molar-refractivity contribution is 7.99. The molecule has 6 nitrogen and oxygen atoms in total. The number of halogens is 1. The molecule has 1 aliphatic rings. The van der Waals surface area contributed by atoms with Gasteiger partial charge in [0.15, 0.2) is 16.8 Å². The number of methoxy groups -OCH3 is 1. The van der Waals surface area contributed by atoms with E-state index < -0.39 is 0 Å². The number of benzene rings is 2. The van der Waals surface area contributed by atoms with Crippen molar-refractivity contribution >= 4 is 29.1 Å². The summed E-state index contributed by atoms with van der Waals surface area (Å²) in [6.45, 7) is 1.44. The zero-order valence-corrected chi connectivity index (χ0v) is 18.2. The third-order valence-corrected chi connectivity index (χ3v) is 6.19. The monoisotopic (exact) mass is 443 g/mol. The number of carbonyl (C=O) groups excluding carboxylic acids is 1. The zero-order valence-electron chi connectivity index (χ0n) is 16.6. The largest absolute Gasteiger partial charge is 0.497 e. The average molecular weight is 444 g/mol. The summed E-state index contributed by atoms with van der Waals surface area (Å²) in [5.41, 5.74) is 1.57. The lowest BCUT2D eigenvalue weighted by molar-refractivity contribution is 0.0953. The Morgan fingerprint density at radius 3 is 2.63 bits per heavy atom. The van der Waals surface area contributed by atoms with E-state index in [2.05, 4.69) is 14.8 Å². The molecule has 0 saturated carbocycles. The fourth-order valence-electron chi connectivity index (χ4n) is 3.35. The van der Waals surface area contributed by atoms with E-state index >= 15 is 0 Å². The standard InChI is InChI=1S/C22H22ClN3O3S/c1-28-18-10-6-16(7-11-18)21-24-25-22(26(21)13-19-3-2-12-29-19)30-14-20(27)15-4-8-17(23)9-5-15/h4-11,19H,2-3,12-14H2,1H3. The van der Waals surface area contributed by atoms with Crippen LogP contribution in [0.2, 0.25) is 5.02 Å². The van der Waals surface area contributed by atoms with E-state index in [-0.39, 0.29) is 17.6 Å². The van der Waals surface area contributed by atoms with Crippen LogP contribution in [0, 0.1) is 0 Å². The third-order valence-electron chi connectivity index (χ3n) is 4.97. The molecule has 30 heavy (non-hydrogen) atoms. The number of hydrogen-bond acceptors (Lipinski definition) is 6. The molecule has 1 atom stereocenters. The van der Waals surface area contributed by atoms with E-state index in [1.54, 1.807) is 31.4 Å². The fourth-order valence-corrected chi connectivity index (χ4v) is 4.32. The van der Waals surface area contributed by atoms with Crippen LogP contribution in [0.4, 0.5) is 0 Å². The van der Waals surface area contributed by atoms with Crippen LogP contribution in [0.15, 0.2) is 53.7 Å². The van der Waals surface area contributed by atoms with Crippen molar-refractivity contribution in [2.45, 2.75) is 30.6 Å². The summed E-state index contributed by atoms with van der Waals surface area (Å²) in [5.74, 6) is 1.84. The lowest BCUT2D eigenvalue weighted by Crippen LogP contribution is -2.17. The van der Waals surface area contributed by atoms with Crippen LogP contribution >= 0.6 is 23.4 Å². The predicted molar refractivity (Wildman–Crippen MR) is 117 cm³/mol. The second-order valence-electron chi connectivity index (χ2n) is 7.00. The van der Waals surface area contributed by atoms with Crippen LogP contribution in [0.3, 0.4) is 0 Å². The first kappa shape index (κ1) is 20.9. The topological polar surface area (TPSA) is 66.2 Å². The molecule has 8 heteroatoms. The summed E-state index contributed by atoms with van der Waals surface area (Å²) in [6.07, 6.45) is 2.19. The molecule has 4 rings (SSSR count). The van der Waals surface area contributed by atoms with Gasteiger partial charge in [-0.1, -0.05) is 23.4 Å². The molecule has 1 fully saturated rings. The summed E-state index contributed by atoms with van der Waals surface area (Å²) >= 11 is 7.30. The van der Waals surface area contributed by atoms with Gasteiger partial charge in [0.1, 0.15) is 5.75 Å². The highest BCUT2D eigenvalue weighted by Crippen LogP contribution is 2.28. The minimum atomic E-state index is 0.0225. The fraction of sp³-hybridized carbons (Fsp3) is 0.318. The van der Waals surface area contributed by atoms with Crippen molar-refractivity contribution in [2.24, 2.45) is 0 Å². The summed E-state index contributed by atoms with van der Waals surface area (Å²) in [5, 5.41) is 10.1. The Labute approximate surface area is 184 Å². The number of carbonyl (C=O) groups is 1. The summed E-state index contributed by atoms with van der Waals surface area (Å²) in [7, 11) is 1.64. The Morgan fingerprint density at radius 2 is 1.97 bits per heavy atom. The number of nitrogens with zero attached hydrogens (tertiary/aromatic N) is 3. The molecule has 0 amide bonds.